The van der Waals surface area contributed by atoms with E-state index in [0.29, 0.717) is 22.8 Å². The number of anilines is 2. The molecule has 0 bridgehead atoms. The fourth-order valence-corrected chi connectivity index (χ4v) is 3.07. The second-order valence-corrected chi connectivity index (χ2v) is 7.60. The van der Waals surface area contributed by atoms with Crippen LogP contribution < -0.4 is 10.6 Å². The summed E-state index contributed by atoms with van der Waals surface area (Å²) < 4.78 is 4.93. The molecule has 4 rings (SSSR count). The lowest BCUT2D eigenvalue weighted by atomic mass is 10.0. The van der Waals surface area contributed by atoms with Crippen LogP contribution in [0.5, 0.6) is 0 Å². The SMILES string of the molecule is C=C(C)OC(=O)Nc1cnc(C)c(-c2cc(-c3ccnc(NC(=O)C4CC4)c3)cnn2)c1. The Morgan fingerprint density at radius 3 is 2.66 bits per heavy atom. The molecule has 0 atom stereocenters. The first-order chi connectivity index (χ1) is 15.4. The van der Waals surface area contributed by atoms with Gasteiger partial charge in [0.05, 0.1) is 29.5 Å². The Morgan fingerprint density at radius 2 is 1.91 bits per heavy atom. The molecule has 1 aliphatic rings. The monoisotopic (exact) mass is 430 g/mol. The van der Waals surface area contributed by atoms with Gasteiger partial charge >= 0.3 is 6.09 Å². The van der Waals surface area contributed by atoms with E-state index in [0.717, 1.165) is 29.7 Å². The van der Waals surface area contributed by atoms with Crippen LogP contribution in [0.1, 0.15) is 25.5 Å². The molecule has 3 heterocycles. The van der Waals surface area contributed by atoms with Gasteiger partial charge in [-0.15, -0.1) is 0 Å². The van der Waals surface area contributed by atoms with Gasteiger partial charge in [0.25, 0.3) is 0 Å². The number of aryl methyl sites for hydroxylation is 1. The van der Waals surface area contributed by atoms with Crippen LogP contribution in [0.3, 0.4) is 0 Å². The maximum absolute atomic E-state index is 12.0. The van der Waals surface area contributed by atoms with E-state index in [1.807, 2.05) is 19.1 Å². The summed E-state index contributed by atoms with van der Waals surface area (Å²) >= 11 is 0. The van der Waals surface area contributed by atoms with Crippen molar-refractivity contribution >= 4 is 23.5 Å². The van der Waals surface area contributed by atoms with Crippen LogP contribution in [0.25, 0.3) is 22.4 Å². The van der Waals surface area contributed by atoms with E-state index < -0.39 is 6.09 Å². The lowest BCUT2D eigenvalue weighted by Gasteiger charge is -2.10. The standard InChI is InChI=1S/C23H22N6O3/c1-13(2)32-23(31)27-18-10-19(14(3)25-12-18)20-8-17(11-26-29-20)16-6-7-24-21(9-16)28-22(30)15-4-5-15/h6-12,15H,1,4-5H2,2-3H3,(H,27,31)(H,24,28,30). The number of pyridine rings is 2. The topological polar surface area (TPSA) is 119 Å². The predicted octanol–water partition coefficient (Wildman–Crippen LogP) is 4.34. The molecule has 0 aliphatic heterocycles. The molecule has 1 saturated carbocycles. The summed E-state index contributed by atoms with van der Waals surface area (Å²) in [5.41, 5.74) is 4.12. The van der Waals surface area contributed by atoms with E-state index in [-0.39, 0.29) is 17.6 Å². The van der Waals surface area contributed by atoms with Gasteiger partial charge < -0.3 is 10.1 Å². The molecule has 9 nitrogen and oxygen atoms in total. The number of ether oxygens (including phenoxy) is 1. The third-order valence-corrected chi connectivity index (χ3v) is 4.82. The third-order valence-electron chi connectivity index (χ3n) is 4.82. The van der Waals surface area contributed by atoms with Crippen molar-refractivity contribution in [1.29, 1.82) is 0 Å². The van der Waals surface area contributed by atoms with Gasteiger partial charge in [-0.2, -0.15) is 10.2 Å². The maximum atomic E-state index is 12.0. The van der Waals surface area contributed by atoms with Crippen molar-refractivity contribution in [2.45, 2.75) is 26.7 Å². The molecule has 32 heavy (non-hydrogen) atoms. The van der Waals surface area contributed by atoms with E-state index in [4.69, 9.17) is 4.74 Å². The molecule has 0 spiro atoms. The Balaban J connectivity index is 1.59. The van der Waals surface area contributed by atoms with Gasteiger partial charge in [0.15, 0.2) is 0 Å². The molecule has 0 unspecified atom stereocenters. The van der Waals surface area contributed by atoms with Crippen molar-refractivity contribution in [3.05, 3.63) is 60.9 Å². The number of nitrogens with one attached hydrogen (secondary N) is 2. The Labute approximate surface area is 185 Å². The highest BCUT2D eigenvalue weighted by Crippen LogP contribution is 2.31. The van der Waals surface area contributed by atoms with Crippen LogP contribution >= 0.6 is 0 Å². The predicted molar refractivity (Wildman–Crippen MR) is 120 cm³/mol. The Hall–Kier alpha value is -4.14. The van der Waals surface area contributed by atoms with Gasteiger partial charge in [-0.25, -0.2) is 9.78 Å². The lowest BCUT2D eigenvalue weighted by molar-refractivity contribution is -0.117. The number of carbonyl (C=O) groups excluding carboxylic acids is 2. The molecule has 2 N–H and O–H groups in total. The first-order valence-corrected chi connectivity index (χ1v) is 10.1. The fourth-order valence-electron chi connectivity index (χ4n) is 3.07. The molecule has 0 radical (unpaired) electrons. The maximum Gasteiger partial charge on any atom is 0.416 e. The van der Waals surface area contributed by atoms with Crippen molar-refractivity contribution in [2.75, 3.05) is 10.6 Å². The highest BCUT2D eigenvalue weighted by atomic mass is 16.6. The average Bonchev–Trinajstić information content (AvgIpc) is 3.60. The molecule has 1 fully saturated rings. The van der Waals surface area contributed by atoms with Gasteiger partial charge in [0.2, 0.25) is 5.91 Å². The van der Waals surface area contributed by atoms with Gasteiger partial charge in [0.1, 0.15) is 5.82 Å². The number of amides is 2. The Morgan fingerprint density at radius 1 is 1.09 bits per heavy atom. The van der Waals surface area contributed by atoms with Crippen molar-refractivity contribution in [3.63, 3.8) is 0 Å². The zero-order chi connectivity index (χ0) is 22.7. The van der Waals surface area contributed by atoms with Crippen LogP contribution in [0.4, 0.5) is 16.3 Å². The summed E-state index contributed by atoms with van der Waals surface area (Å²) in [6, 6.07) is 7.26. The molecule has 9 heteroatoms. The third kappa shape index (κ3) is 5.12. The zero-order valence-electron chi connectivity index (χ0n) is 17.8. The molecule has 162 valence electrons. The highest BCUT2D eigenvalue weighted by Gasteiger charge is 2.29. The van der Waals surface area contributed by atoms with Gasteiger partial charge in [0, 0.05) is 28.9 Å². The van der Waals surface area contributed by atoms with Crippen molar-refractivity contribution in [3.8, 4) is 22.4 Å². The number of nitrogens with zero attached hydrogens (tertiary/aromatic N) is 4. The second-order valence-electron chi connectivity index (χ2n) is 7.60. The van der Waals surface area contributed by atoms with Crippen molar-refractivity contribution < 1.29 is 14.3 Å². The zero-order valence-corrected chi connectivity index (χ0v) is 17.8. The summed E-state index contributed by atoms with van der Waals surface area (Å²) in [6.07, 6.45) is 6.02. The van der Waals surface area contributed by atoms with E-state index in [2.05, 4.69) is 37.4 Å². The number of rotatable bonds is 6. The van der Waals surface area contributed by atoms with Crippen molar-refractivity contribution in [2.24, 2.45) is 5.92 Å². The van der Waals surface area contributed by atoms with Gasteiger partial charge in [-0.3, -0.25) is 15.1 Å². The van der Waals surface area contributed by atoms with E-state index in [1.54, 1.807) is 31.5 Å². The minimum atomic E-state index is -0.647. The Bertz CT molecular complexity index is 1210. The van der Waals surface area contributed by atoms with Crippen LogP contribution in [-0.2, 0) is 9.53 Å². The summed E-state index contributed by atoms with van der Waals surface area (Å²) in [5, 5.41) is 13.8. The normalized spacial score (nSPS) is 12.7. The molecule has 0 saturated heterocycles. The smallest absolute Gasteiger partial charge is 0.416 e. The molecular formula is C23H22N6O3. The highest BCUT2D eigenvalue weighted by molar-refractivity contribution is 5.93. The molecule has 1 aliphatic carbocycles. The van der Waals surface area contributed by atoms with Crippen LogP contribution in [0, 0.1) is 12.8 Å². The van der Waals surface area contributed by atoms with Crippen LogP contribution in [-0.4, -0.2) is 32.2 Å². The molecule has 3 aromatic heterocycles. The van der Waals surface area contributed by atoms with E-state index in [1.165, 1.54) is 6.20 Å². The number of allylic oxidation sites excluding steroid dienone is 1. The Kier molecular flexibility index (Phi) is 5.89. The first-order valence-electron chi connectivity index (χ1n) is 10.1. The second kappa shape index (κ2) is 8.93. The summed E-state index contributed by atoms with van der Waals surface area (Å²) in [7, 11) is 0. The molecule has 0 aromatic carbocycles. The molecule has 2 amide bonds. The number of carbonyl (C=O) groups is 2. The van der Waals surface area contributed by atoms with Crippen LogP contribution in [0.2, 0.25) is 0 Å². The largest absolute Gasteiger partial charge is 0.416 e. The van der Waals surface area contributed by atoms with Crippen LogP contribution in [0.15, 0.2) is 55.2 Å². The van der Waals surface area contributed by atoms with E-state index in [9.17, 15) is 9.59 Å². The van der Waals surface area contributed by atoms with Crippen molar-refractivity contribution in [1.82, 2.24) is 20.2 Å². The number of hydrogen-bond acceptors (Lipinski definition) is 7. The minimum absolute atomic E-state index is 0.000573. The summed E-state index contributed by atoms with van der Waals surface area (Å²) in [5.74, 6) is 0.877. The molecular weight excluding hydrogens is 408 g/mol. The quantitative estimate of drug-likeness (QED) is 0.558. The molecule has 3 aromatic rings. The average molecular weight is 430 g/mol. The van der Waals surface area contributed by atoms with Gasteiger partial charge in [-0.05, 0) is 56.5 Å². The minimum Gasteiger partial charge on any atom is -0.416 e. The number of hydrogen-bond donors (Lipinski definition) is 2. The van der Waals surface area contributed by atoms with E-state index >= 15 is 0 Å². The fraction of sp³-hybridized carbons (Fsp3) is 0.217. The van der Waals surface area contributed by atoms with Gasteiger partial charge in [-0.1, -0.05) is 6.58 Å². The number of aromatic nitrogens is 4. The summed E-state index contributed by atoms with van der Waals surface area (Å²) in [6.45, 7) is 6.97. The lowest BCUT2D eigenvalue weighted by Crippen LogP contribution is -2.14. The first kappa shape index (κ1) is 21.1. The summed E-state index contributed by atoms with van der Waals surface area (Å²) in [4.78, 5) is 32.5.